The van der Waals surface area contributed by atoms with E-state index in [0.717, 1.165) is 49.6 Å². The Labute approximate surface area is 199 Å². The summed E-state index contributed by atoms with van der Waals surface area (Å²) >= 11 is 0. The summed E-state index contributed by atoms with van der Waals surface area (Å²) in [5, 5.41) is 21.1. The topological polar surface area (TPSA) is 114 Å². The summed E-state index contributed by atoms with van der Waals surface area (Å²) in [5.74, 6) is -0.361. The van der Waals surface area contributed by atoms with Crippen molar-refractivity contribution in [3.63, 3.8) is 0 Å². The second-order valence-electron chi connectivity index (χ2n) is 9.00. The van der Waals surface area contributed by atoms with Crippen molar-refractivity contribution in [2.24, 2.45) is 0 Å². The van der Waals surface area contributed by atoms with Gasteiger partial charge in [-0.1, -0.05) is 26.2 Å². The number of carbonyl (C=O) groups excluding carboxylic acids is 1. The van der Waals surface area contributed by atoms with E-state index in [-0.39, 0.29) is 36.0 Å². The molecule has 34 heavy (non-hydrogen) atoms. The molecule has 0 atom stereocenters. The lowest BCUT2D eigenvalue weighted by Crippen LogP contribution is -2.34. The van der Waals surface area contributed by atoms with Crippen molar-refractivity contribution in [2.45, 2.75) is 57.4 Å². The summed E-state index contributed by atoms with van der Waals surface area (Å²) < 4.78 is 7.95. The zero-order chi connectivity index (χ0) is 24.1. The maximum absolute atomic E-state index is 13.1. The van der Waals surface area contributed by atoms with E-state index in [2.05, 4.69) is 31.8 Å². The number of likely N-dealkylation sites (N-methyl/N-ethyl adjacent to an activating group) is 1. The number of carbonyl (C=O) groups is 1. The lowest BCUT2D eigenvalue weighted by molar-refractivity contribution is 0.0754. The minimum absolute atomic E-state index is 0.000502. The molecule has 1 aliphatic rings. The minimum atomic E-state index is -0.423. The summed E-state index contributed by atoms with van der Waals surface area (Å²) in [6.07, 6.45) is 10.0. The maximum Gasteiger partial charge on any atom is 0.276 e. The summed E-state index contributed by atoms with van der Waals surface area (Å²) in [5.41, 5.74) is 0.648. The number of unbranched alkanes of at least 4 members (excludes halogenated alkanes) is 1. The van der Waals surface area contributed by atoms with Crippen molar-refractivity contribution >= 4 is 16.9 Å². The second-order valence-corrected chi connectivity index (χ2v) is 9.00. The fourth-order valence-electron chi connectivity index (χ4n) is 4.77. The molecule has 1 amide bonds. The predicted octanol–water partition coefficient (Wildman–Crippen LogP) is 3.29. The third-order valence-corrected chi connectivity index (χ3v) is 6.60. The summed E-state index contributed by atoms with van der Waals surface area (Å²) in [7, 11) is 1.59. The minimum Gasteiger partial charge on any atom is -0.491 e. The fourth-order valence-corrected chi connectivity index (χ4v) is 4.77. The number of nitrogens with zero attached hydrogens (tertiary/aromatic N) is 5. The van der Waals surface area contributed by atoms with Crippen LogP contribution >= 0.6 is 0 Å². The molecule has 0 bridgehead atoms. The summed E-state index contributed by atoms with van der Waals surface area (Å²) in [6, 6.07) is 6.03. The Morgan fingerprint density at radius 2 is 2.06 bits per heavy atom. The first-order valence-electron chi connectivity index (χ1n) is 12.0. The largest absolute Gasteiger partial charge is 0.491 e. The van der Waals surface area contributed by atoms with Crippen LogP contribution < -0.4 is 4.74 Å². The Morgan fingerprint density at radius 1 is 1.26 bits per heavy atom. The monoisotopic (exact) mass is 467 g/mol. The molecule has 0 unspecified atom stereocenters. The van der Waals surface area contributed by atoms with Crippen LogP contribution in [0.15, 0.2) is 30.6 Å². The van der Waals surface area contributed by atoms with Gasteiger partial charge in [0.1, 0.15) is 11.5 Å². The molecule has 0 aromatic carbocycles. The molecule has 1 fully saturated rings. The van der Waals surface area contributed by atoms with Crippen LogP contribution in [0.5, 0.6) is 11.6 Å². The first-order chi connectivity index (χ1) is 16.5. The number of pyridine rings is 1. The SMILES string of the molecule is CCCCOc1c(O)nc(CC2(n3ccc4cccnc43)CCCC2)nc1C(=O)N(C)CCO. The average molecular weight is 468 g/mol. The normalized spacial score (nSPS) is 15.0. The number of aromatic hydroxyl groups is 1. The Morgan fingerprint density at radius 3 is 2.79 bits per heavy atom. The van der Waals surface area contributed by atoms with E-state index in [0.29, 0.717) is 18.9 Å². The molecule has 0 spiro atoms. The number of fused-ring (bicyclic) bond motifs is 1. The van der Waals surface area contributed by atoms with Crippen LogP contribution in [0.4, 0.5) is 0 Å². The van der Waals surface area contributed by atoms with Gasteiger partial charge in [0, 0.05) is 37.8 Å². The lowest BCUT2D eigenvalue weighted by atomic mass is 9.92. The predicted molar refractivity (Wildman–Crippen MR) is 128 cm³/mol. The number of aliphatic hydroxyl groups excluding tert-OH is 1. The Balaban J connectivity index is 1.73. The van der Waals surface area contributed by atoms with E-state index in [1.807, 2.05) is 19.1 Å². The van der Waals surface area contributed by atoms with E-state index in [1.54, 1.807) is 13.2 Å². The number of rotatable bonds is 10. The van der Waals surface area contributed by atoms with E-state index in [4.69, 9.17) is 4.74 Å². The molecule has 0 aliphatic heterocycles. The molecule has 3 aromatic rings. The Bertz CT molecular complexity index is 1140. The van der Waals surface area contributed by atoms with Crippen molar-refractivity contribution in [3.8, 4) is 11.6 Å². The van der Waals surface area contributed by atoms with Crippen molar-refractivity contribution in [2.75, 3.05) is 26.8 Å². The molecule has 1 saturated carbocycles. The van der Waals surface area contributed by atoms with Crippen LogP contribution in [-0.4, -0.2) is 67.3 Å². The standard InChI is InChI=1S/C25H33N5O4/c1-3-4-16-34-21-20(24(33)29(2)14-15-31)27-19(28-23(21)32)17-25(10-5-6-11-25)30-13-9-18-8-7-12-26-22(18)30/h7-9,12-13,31H,3-6,10-11,14-17H2,1-2H3,(H,27,28,32). The lowest BCUT2D eigenvalue weighted by Gasteiger charge is -2.31. The van der Waals surface area contributed by atoms with Crippen molar-refractivity contribution in [3.05, 3.63) is 42.1 Å². The van der Waals surface area contributed by atoms with Crippen molar-refractivity contribution < 1.29 is 19.7 Å². The van der Waals surface area contributed by atoms with Gasteiger partial charge in [0.15, 0.2) is 5.69 Å². The van der Waals surface area contributed by atoms with Gasteiger partial charge in [-0.3, -0.25) is 4.79 Å². The number of ether oxygens (including phenoxy) is 1. The molecule has 0 saturated heterocycles. The highest BCUT2D eigenvalue weighted by Gasteiger charge is 2.38. The molecule has 1 aliphatic carbocycles. The average Bonchev–Trinajstić information content (AvgIpc) is 3.48. The van der Waals surface area contributed by atoms with Crippen molar-refractivity contribution in [1.29, 1.82) is 0 Å². The number of hydrogen-bond donors (Lipinski definition) is 2. The Hall–Kier alpha value is -3.20. The Kier molecular flexibility index (Phi) is 7.31. The highest BCUT2D eigenvalue weighted by atomic mass is 16.5. The van der Waals surface area contributed by atoms with Crippen LogP contribution in [0.2, 0.25) is 0 Å². The molecule has 9 heteroatoms. The van der Waals surface area contributed by atoms with Crippen LogP contribution in [-0.2, 0) is 12.0 Å². The summed E-state index contributed by atoms with van der Waals surface area (Å²) in [4.78, 5) is 28.1. The molecule has 182 valence electrons. The van der Waals surface area contributed by atoms with Gasteiger partial charge in [-0.25, -0.2) is 9.97 Å². The smallest absolute Gasteiger partial charge is 0.276 e. The van der Waals surface area contributed by atoms with Gasteiger partial charge < -0.3 is 24.4 Å². The van der Waals surface area contributed by atoms with Gasteiger partial charge in [0.25, 0.3) is 11.8 Å². The van der Waals surface area contributed by atoms with Crippen LogP contribution in [0.3, 0.4) is 0 Å². The van der Waals surface area contributed by atoms with E-state index < -0.39 is 5.91 Å². The van der Waals surface area contributed by atoms with Crippen LogP contribution in [0.1, 0.15) is 61.8 Å². The van der Waals surface area contributed by atoms with Crippen LogP contribution in [0, 0.1) is 0 Å². The van der Waals surface area contributed by atoms with Gasteiger partial charge in [-0.15, -0.1) is 0 Å². The third-order valence-electron chi connectivity index (χ3n) is 6.60. The molecule has 2 N–H and O–H groups in total. The molecule has 0 radical (unpaired) electrons. The highest BCUT2D eigenvalue weighted by Crippen LogP contribution is 2.41. The molecule has 3 aromatic heterocycles. The first kappa shape index (κ1) is 23.9. The fraction of sp³-hybridized carbons (Fsp3) is 0.520. The van der Waals surface area contributed by atoms with Crippen molar-refractivity contribution in [1.82, 2.24) is 24.4 Å². The van der Waals surface area contributed by atoms with E-state index in [1.165, 1.54) is 4.90 Å². The quantitative estimate of drug-likeness (QED) is 0.440. The summed E-state index contributed by atoms with van der Waals surface area (Å²) in [6.45, 7) is 2.36. The molecule has 3 heterocycles. The molecule has 4 rings (SSSR count). The second kappa shape index (κ2) is 10.4. The molecular formula is C25H33N5O4. The van der Waals surface area contributed by atoms with Gasteiger partial charge in [-0.2, -0.15) is 4.98 Å². The van der Waals surface area contributed by atoms with Gasteiger partial charge in [0.05, 0.1) is 18.8 Å². The van der Waals surface area contributed by atoms with Gasteiger partial charge >= 0.3 is 0 Å². The van der Waals surface area contributed by atoms with Gasteiger partial charge in [-0.05, 0) is 37.5 Å². The van der Waals surface area contributed by atoms with Crippen LogP contribution in [0.25, 0.3) is 11.0 Å². The first-order valence-corrected chi connectivity index (χ1v) is 12.0. The zero-order valence-corrected chi connectivity index (χ0v) is 19.9. The maximum atomic E-state index is 13.1. The number of aliphatic hydroxyl groups is 1. The molecule has 9 nitrogen and oxygen atoms in total. The molecular weight excluding hydrogens is 434 g/mol. The van der Waals surface area contributed by atoms with Gasteiger partial charge in [0.2, 0.25) is 5.75 Å². The highest BCUT2D eigenvalue weighted by molar-refractivity contribution is 5.95. The number of aromatic nitrogens is 4. The third kappa shape index (κ3) is 4.70. The van der Waals surface area contributed by atoms with E-state index >= 15 is 0 Å². The van der Waals surface area contributed by atoms with E-state index in [9.17, 15) is 15.0 Å². The number of hydrogen-bond acceptors (Lipinski definition) is 7. The number of amides is 1. The zero-order valence-electron chi connectivity index (χ0n) is 19.9.